The number of hydrogen-bond donors (Lipinski definition) is 1. The fraction of sp³-hybridized carbons (Fsp3) is 0.308. The van der Waals surface area contributed by atoms with Crippen LogP contribution >= 0.6 is 0 Å². The molecular formula is C26H32N2O2. The maximum Gasteiger partial charge on any atom is 0.123 e. The van der Waals surface area contributed by atoms with E-state index in [-0.39, 0.29) is 0 Å². The van der Waals surface area contributed by atoms with E-state index < -0.39 is 0 Å². The van der Waals surface area contributed by atoms with Crippen molar-refractivity contribution in [3.05, 3.63) is 95.6 Å². The maximum atomic E-state index is 6.06. The van der Waals surface area contributed by atoms with Crippen molar-refractivity contribution in [3.63, 3.8) is 0 Å². The van der Waals surface area contributed by atoms with Crippen LogP contribution in [0.15, 0.2) is 78.9 Å². The highest BCUT2D eigenvalue weighted by Gasteiger charge is 2.08. The van der Waals surface area contributed by atoms with Crippen molar-refractivity contribution in [1.82, 2.24) is 10.2 Å². The zero-order chi connectivity index (χ0) is 21.0. The van der Waals surface area contributed by atoms with Gasteiger partial charge in [0.05, 0.1) is 0 Å². The van der Waals surface area contributed by atoms with Crippen LogP contribution in [0.4, 0.5) is 0 Å². The van der Waals surface area contributed by atoms with Crippen LogP contribution in [0.3, 0.4) is 0 Å². The first-order valence-electron chi connectivity index (χ1n) is 10.5. The molecule has 0 aliphatic heterocycles. The van der Waals surface area contributed by atoms with Crippen LogP contribution in [0.5, 0.6) is 11.5 Å². The predicted molar refractivity (Wildman–Crippen MR) is 123 cm³/mol. The van der Waals surface area contributed by atoms with Crippen LogP contribution in [-0.2, 0) is 19.5 Å². The Bertz CT molecular complexity index is 883. The van der Waals surface area contributed by atoms with Gasteiger partial charge in [0.2, 0.25) is 0 Å². The van der Waals surface area contributed by atoms with Gasteiger partial charge in [0.15, 0.2) is 0 Å². The van der Waals surface area contributed by atoms with E-state index in [0.717, 1.165) is 43.1 Å². The van der Waals surface area contributed by atoms with Gasteiger partial charge in [-0.3, -0.25) is 0 Å². The molecule has 4 nitrogen and oxygen atoms in total. The molecule has 0 unspecified atom stereocenters. The average molecular weight is 405 g/mol. The topological polar surface area (TPSA) is 33.7 Å². The van der Waals surface area contributed by atoms with Crippen molar-refractivity contribution in [2.45, 2.75) is 19.5 Å². The van der Waals surface area contributed by atoms with Crippen molar-refractivity contribution in [1.29, 1.82) is 0 Å². The number of ether oxygens (including phenoxy) is 2. The van der Waals surface area contributed by atoms with Crippen LogP contribution in [0.25, 0.3) is 0 Å². The summed E-state index contributed by atoms with van der Waals surface area (Å²) in [6.45, 7) is 3.67. The quantitative estimate of drug-likeness (QED) is 0.450. The molecule has 158 valence electrons. The second kappa shape index (κ2) is 12.0. The van der Waals surface area contributed by atoms with Gasteiger partial charge in [-0.15, -0.1) is 0 Å². The average Bonchev–Trinajstić information content (AvgIpc) is 2.78. The first-order valence-corrected chi connectivity index (χ1v) is 10.5. The summed E-state index contributed by atoms with van der Waals surface area (Å²) in [5.41, 5.74) is 3.72. The fourth-order valence-corrected chi connectivity index (χ4v) is 3.39. The van der Waals surface area contributed by atoms with Gasteiger partial charge < -0.3 is 19.7 Å². The Kier molecular flexibility index (Phi) is 8.76. The summed E-state index contributed by atoms with van der Waals surface area (Å²) < 4.78 is 12.0. The molecule has 0 aliphatic carbocycles. The molecule has 0 radical (unpaired) electrons. The van der Waals surface area contributed by atoms with Crippen LogP contribution in [0, 0.1) is 0 Å². The molecule has 0 saturated carbocycles. The van der Waals surface area contributed by atoms with E-state index in [1.807, 2.05) is 37.4 Å². The van der Waals surface area contributed by atoms with E-state index in [1.54, 1.807) is 0 Å². The number of para-hydroxylation sites is 2. The minimum Gasteiger partial charge on any atom is -0.490 e. The minimum atomic E-state index is 0.513. The van der Waals surface area contributed by atoms with Gasteiger partial charge in [-0.1, -0.05) is 66.7 Å². The smallest absolute Gasteiger partial charge is 0.123 e. The largest absolute Gasteiger partial charge is 0.490 e. The number of benzene rings is 3. The number of rotatable bonds is 12. The third-order valence-electron chi connectivity index (χ3n) is 4.98. The fourth-order valence-electron chi connectivity index (χ4n) is 3.39. The molecular weight excluding hydrogens is 372 g/mol. The highest BCUT2D eigenvalue weighted by atomic mass is 16.5. The lowest BCUT2D eigenvalue weighted by atomic mass is 10.1. The summed E-state index contributed by atoms with van der Waals surface area (Å²) in [4.78, 5) is 2.33. The van der Waals surface area contributed by atoms with E-state index in [0.29, 0.717) is 13.2 Å². The summed E-state index contributed by atoms with van der Waals surface area (Å²) in [6.07, 6.45) is 1.04. The Balaban J connectivity index is 1.48. The first-order chi connectivity index (χ1) is 14.8. The lowest BCUT2D eigenvalue weighted by Crippen LogP contribution is -2.21. The monoisotopic (exact) mass is 404 g/mol. The van der Waals surface area contributed by atoms with Gasteiger partial charge >= 0.3 is 0 Å². The van der Waals surface area contributed by atoms with E-state index >= 15 is 0 Å². The second-order valence-electron chi connectivity index (χ2n) is 7.42. The molecule has 0 fully saturated rings. The van der Waals surface area contributed by atoms with Crippen molar-refractivity contribution in [3.8, 4) is 11.5 Å². The zero-order valence-corrected chi connectivity index (χ0v) is 18.0. The van der Waals surface area contributed by atoms with E-state index in [1.165, 1.54) is 11.1 Å². The van der Waals surface area contributed by atoms with Crippen molar-refractivity contribution < 1.29 is 9.47 Å². The maximum absolute atomic E-state index is 6.06. The standard InChI is InChI=1S/C26H32N2O2/c1-27-20-23-12-6-8-14-25(23)29-18-19-30-26-15-9-7-13-24(26)21-28(2)17-16-22-10-4-3-5-11-22/h3-15,27H,16-21H2,1-2H3. The van der Waals surface area contributed by atoms with E-state index in [4.69, 9.17) is 9.47 Å². The lowest BCUT2D eigenvalue weighted by Gasteiger charge is -2.19. The molecule has 0 amide bonds. The normalized spacial score (nSPS) is 10.9. The number of nitrogens with one attached hydrogen (secondary N) is 1. The number of hydrogen-bond acceptors (Lipinski definition) is 4. The molecule has 3 rings (SSSR count). The van der Waals surface area contributed by atoms with Gasteiger partial charge in [0.1, 0.15) is 24.7 Å². The van der Waals surface area contributed by atoms with Crippen LogP contribution in [0.1, 0.15) is 16.7 Å². The second-order valence-corrected chi connectivity index (χ2v) is 7.42. The summed E-state index contributed by atoms with van der Waals surface area (Å²) in [7, 11) is 4.09. The van der Waals surface area contributed by atoms with Crippen LogP contribution < -0.4 is 14.8 Å². The predicted octanol–water partition coefficient (Wildman–Crippen LogP) is 4.54. The highest BCUT2D eigenvalue weighted by Crippen LogP contribution is 2.21. The third-order valence-corrected chi connectivity index (χ3v) is 4.98. The SMILES string of the molecule is CNCc1ccccc1OCCOc1ccccc1CN(C)CCc1ccccc1. The van der Waals surface area contributed by atoms with Crippen molar-refractivity contribution in [2.24, 2.45) is 0 Å². The molecule has 0 spiro atoms. The Morgan fingerprint density at radius 1 is 0.733 bits per heavy atom. The molecule has 0 aliphatic rings. The van der Waals surface area contributed by atoms with Gasteiger partial charge in [-0.2, -0.15) is 0 Å². The molecule has 0 heterocycles. The van der Waals surface area contributed by atoms with Crippen LogP contribution in [0.2, 0.25) is 0 Å². The van der Waals surface area contributed by atoms with Crippen molar-refractivity contribution >= 4 is 0 Å². The molecule has 0 aromatic heterocycles. The minimum absolute atomic E-state index is 0.513. The molecule has 3 aromatic rings. The molecule has 0 bridgehead atoms. The Morgan fingerprint density at radius 3 is 1.97 bits per heavy atom. The summed E-state index contributed by atoms with van der Waals surface area (Å²) in [5, 5.41) is 3.17. The Morgan fingerprint density at radius 2 is 1.30 bits per heavy atom. The first kappa shape index (κ1) is 21.9. The lowest BCUT2D eigenvalue weighted by molar-refractivity contribution is 0.212. The van der Waals surface area contributed by atoms with Gasteiger partial charge in [-0.05, 0) is 38.2 Å². The molecule has 3 aromatic carbocycles. The Hall–Kier alpha value is -2.82. The molecule has 1 N–H and O–H groups in total. The van der Waals surface area contributed by atoms with Crippen LogP contribution in [-0.4, -0.2) is 38.8 Å². The van der Waals surface area contributed by atoms with Gasteiger partial charge in [-0.25, -0.2) is 0 Å². The molecule has 4 heteroatoms. The molecule has 30 heavy (non-hydrogen) atoms. The highest BCUT2D eigenvalue weighted by molar-refractivity contribution is 5.34. The number of nitrogens with zero attached hydrogens (tertiary/aromatic N) is 1. The Labute approximate surface area is 180 Å². The van der Waals surface area contributed by atoms with Crippen molar-refractivity contribution in [2.75, 3.05) is 33.9 Å². The van der Waals surface area contributed by atoms with E-state index in [9.17, 15) is 0 Å². The summed E-state index contributed by atoms with van der Waals surface area (Å²) >= 11 is 0. The number of likely N-dealkylation sites (N-methyl/N-ethyl adjacent to an activating group) is 1. The van der Waals surface area contributed by atoms with Gasteiger partial charge in [0, 0.05) is 30.8 Å². The zero-order valence-electron chi connectivity index (χ0n) is 18.0. The molecule has 0 atom stereocenters. The summed E-state index contributed by atoms with van der Waals surface area (Å²) in [5.74, 6) is 1.83. The molecule has 0 saturated heterocycles. The summed E-state index contributed by atoms with van der Waals surface area (Å²) in [6, 6.07) is 27.0. The van der Waals surface area contributed by atoms with E-state index in [2.05, 4.69) is 65.8 Å². The third kappa shape index (κ3) is 6.90. The van der Waals surface area contributed by atoms with Gasteiger partial charge in [0.25, 0.3) is 0 Å².